The molecule has 4 heteroatoms. The average molecular weight is 298 g/mol. The highest BCUT2D eigenvalue weighted by Gasteiger charge is 2.55. The number of carbonyl (C=O) groups is 1. The topological polar surface area (TPSA) is 66.8 Å². The Morgan fingerprint density at radius 3 is 2.68 bits per heavy atom. The second-order valence-corrected chi connectivity index (χ2v) is 6.34. The predicted molar refractivity (Wildman–Crippen MR) is 81.1 cm³/mol. The number of hydrogen-bond donors (Lipinski definition) is 2. The lowest BCUT2D eigenvalue weighted by molar-refractivity contribution is -0.145. The first-order valence-electron chi connectivity index (χ1n) is 7.68. The number of hydrogen-bond acceptors (Lipinski definition) is 4. The van der Waals surface area contributed by atoms with Crippen LogP contribution in [-0.4, -0.2) is 34.5 Å². The highest BCUT2D eigenvalue weighted by atomic mass is 16.6. The van der Waals surface area contributed by atoms with Crippen LogP contribution in [0.2, 0.25) is 0 Å². The number of rotatable bonds is 2. The van der Waals surface area contributed by atoms with Crippen molar-refractivity contribution in [1.29, 1.82) is 0 Å². The van der Waals surface area contributed by atoms with Gasteiger partial charge < -0.3 is 14.9 Å². The first-order chi connectivity index (χ1) is 10.6. The van der Waals surface area contributed by atoms with Gasteiger partial charge in [-0.1, -0.05) is 42.5 Å². The normalized spacial score (nSPS) is 33.9. The minimum absolute atomic E-state index is 0.255. The average Bonchev–Trinajstić information content (AvgIpc) is 2.96. The molecule has 1 heterocycles. The maximum atomic E-state index is 12.1. The molecule has 2 aromatic carbocycles. The van der Waals surface area contributed by atoms with Crippen LogP contribution in [0.4, 0.5) is 0 Å². The van der Waals surface area contributed by atoms with Crippen LogP contribution < -0.4 is 0 Å². The highest BCUT2D eigenvalue weighted by Crippen LogP contribution is 2.42. The molecule has 22 heavy (non-hydrogen) atoms. The second-order valence-electron chi connectivity index (χ2n) is 6.34. The predicted octanol–water partition coefficient (Wildman–Crippen LogP) is 1.67. The lowest BCUT2D eigenvalue weighted by Crippen LogP contribution is -2.32. The molecule has 2 aromatic rings. The van der Waals surface area contributed by atoms with Gasteiger partial charge in [-0.3, -0.25) is 4.79 Å². The van der Waals surface area contributed by atoms with Crippen molar-refractivity contribution in [3.05, 3.63) is 48.0 Å². The summed E-state index contributed by atoms with van der Waals surface area (Å²) < 4.78 is 5.34. The molecule has 1 aliphatic carbocycles. The van der Waals surface area contributed by atoms with Crippen LogP contribution in [0.1, 0.15) is 12.0 Å². The van der Waals surface area contributed by atoms with Crippen molar-refractivity contribution in [2.45, 2.75) is 31.2 Å². The van der Waals surface area contributed by atoms with Gasteiger partial charge in [0.1, 0.15) is 6.10 Å². The van der Waals surface area contributed by atoms with Crippen LogP contribution in [0.3, 0.4) is 0 Å². The van der Waals surface area contributed by atoms with Crippen molar-refractivity contribution in [2.24, 2.45) is 11.8 Å². The minimum Gasteiger partial charge on any atom is -0.462 e. The van der Waals surface area contributed by atoms with Gasteiger partial charge in [-0.05, 0) is 22.8 Å². The van der Waals surface area contributed by atoms with E-state index in [1.165, 1.54) is 0 Å². The number of carbonyl (C=O) groups excluding carboxylic acids is 1. The van der Waals surface area contributed by atoms with Crippen LogP contribution in [0.5, 0.6) is 0 Å². The summed E-state index contributed by atoms with van der Waals surface area (Å²) in [6, 6.07) is 14.2. The Balaban J connectivity index is 1.62. The zero-order chi connectivity index (χ0) is 15.3. The standard InChI is InChI=1S/C18H18O4/c19-14-9-15-16(17(14)20)13(18(21)22-15)8-10-5-6-11-3-1-2-4-12(11)7-10/h1-7,13-17,19-20H,8-9H2. The molecule has 2 fully saturated rings. The summed E-state index contributed by atoms with van der Waals surface area (Å²) in [4.78, 5) is 12.1. The van der Waals surface area contributed by atoms with Gasteiger partial charge in [0, 0.05) is 12.3 Å². The molecule has 5 unspecified atom stereocenters. The van der Waals surface area contributed by atoms with E-state index in [-0.39, 0.29) is 23.9 Å². The number of aliphatic hydroxyl groups excluding tert-OH is 2. The lowest BCUT2D eigenvalue weighted by Gasteiger charge is -2.19. The Morgan fingerprint density at radius 2 is 1.86 bits per heavy atom. The van der Waals surface area contributed by atoms with Gasteiger partial charge in [0.05, 0.1) is 18.1 Å². The Labute approximate surface area is 128 Å². The summed E-state index contributed by atoms with van der Waals surface area (Å²) in [5.41, 5.74) is 1.05. The Kier molecular flexibility index (Phi) is 3.17. The number of benzene rings is 2. The molecule has 0 aromatic heterocycles. The van der Waals surface area contributed by atoms with Gasteiger partial charge in [0.2, 0.25) is 0 Å². The third-order valence-electron chi connectivity index (χ3n) is 5.00. The van der Waals surface area contributed by atoms with E-state index in [0.717, 1.165) is 16.3 Å². The van der Waals surface area contributed by atoms with E-state index in [1.54, 1.807) is 0 Å². The monoisotopic (exact) mass is 298 g/mol. The van der Waals surface area contributed by atoms with Gasteiger partial charge >= 0.3 is 5.97 Å². The van der Waals surface area contributed by atoms with Crippen LogP contribution in [0.15, 0.2) is 42.5 Å². The Morgan fingerprint density at radius 1 is 1.09 bits per heavy atom. The SMILES string of the molecule is O=C1OC2CC(O)C(O)C2C1Cc1ccc2ccccc2c1. The van der Waals surface area contributed by atoms with Crippen LogP contribution in [0, 0.1) is 11.8 Å². The molecule has 5 atom stereocenters. The van der Waals surface area contributed by atoms with Crippen molar-refractivity contribution < 1.29 is 19.7 Å². The summed E-state index contributed by atoms with van der Waals surface area (Å²) in [5, 5.41) is 22.2. The van der Waals surface area contributed by atoms with E-state index in [4.69, 9.17) is 4.74 Å². The van der Waals surface area contributed by atoms with Crippen molar-refractivity contribution in [3.8, 4) is 0 Å². The molecule has 0 radical (unpaired) electrons. The van der Waals surface area contributed by atoms with E-state index < -0.39 is 12.2 Å². The molecule has 1 saturated heterocycles. The molecule has 4 rings (SSSR count). The molecule has 0 spiro atoms. The zero-order valence-corrected chi connectivity index (χ0v) is 12.1. The van der Waals surface area contributed by atoms with Crippen molar-refractivity contribution in [3.63, 3.8) is 0 Å². The van der Waals surface area contributed by atoms with E-state index in [9.17, 15) is 15.0 Å². The molecule has 2 aliphatic rings. The molecule has 4 nitrogen and oxygen atoms in total. The summed E-state index contributed by atoms with van der Waals surface area (Å²) in [7, 11) is 0. The fraction of sp³-hybridized carbons (Fsp3) is 0.389. The molecule has 114 valence electrons. The molecule has 0 amide bonds. The van der Waals surface area contributed by atoms with Gasteiger partial charge in [0.25, 0.3) is 0 Å². The number of esters is 1. The van der Waals surface area contributed by atoms with Gasteiger partial charge in [-0.25, -0.2) is 0 Å². The van der Waals surface area contributed by atoms with Crippen molar-refractivity contribution in [1.82, 2.24) is 0 Å². The second kappa shape index (κ2) is 5.07. The van der Waals surface area contributed by atoms with Gasteiger partial charge in [0.15, 0.2) is 0 Å². The molecule has 0 bridgehead atoms. The molecule has 1 aliphatic heterocycles. The maximum Gasteiger partial charge on any atom is 0.310 e. The lowest BCUT2D eigenvalue weighted by atomic mass is 9.85. The highest BCUT2D eigenvalue weighted by molar-refractivity contribution is 5.83. The Hall–Kier alpha value is -1.91. The van der Waals surface area contributed by atoms with Crippen LogP contribution in [0.25, 0.3) is 10.8 Å². The maximum absolute atomic E-state index is 12.1. The molecule has 2 N–H and O–H groups in total. The summed E-state index contributed by atoms with van der Waals surface area (Å²) in [5.74, 6) is -0.929. The van der Waals surface area contributed by atoms with Gasteiger partial charge in [-0.2, -0.15) is 0 Å². The third-order valence-corrected chi connectivity index (χ3v) is 5.00. The first-order valence-corrected chi connectivity index (χ1v) is 7.68. The fourth-order valence-corrected chi connectivity index (χ4v) is 3.87. The van der Waals surface area contributed by atoms with E-state index in [0.29, 0.717) is 12.8 Å². The number of aliphatic hydroxyl groups is 2. The number of ether oxygens (including phenoxy) is 1. The number of fused-ring (bicyclic) bond motifs is 2. The smallest absolute Gasteiger partial charge is 0.310 e. The Bertz CT molecular complexity index is 726. The summed E-state index contributed by atoms with van der Waals surface area (Å²) in [6.45, 7) is 0. The quantitative estimate of drug-likeness (QED) is 0.828. The summed E-state index contributed by atoms with van der Waals surface area (Å²) in [6.07, 6.45) is -1.13. The third kappa shape index (κ3) is 2.11. The largest absolute Gasteiger partial charge is 0.462 e. The van der Waals surface area contributed by atoms with E-state index in [1.807, 2.05) is 30.3 Å². The molecular formula is C18H18O4. The van der Waals surface area contributed by atoms with Crippen LogP contribution in [-0.2, 0) is 16.0 Å². The van der Waals surface area contributed by atoms with E-state index >= 15 is 0 Å². The van der Waals surface area contributed by atoms with Crippen molar-refractivity contribution >= 4 is 16.7 Å². The fourth-order valence-electron chi connectivity index (χ4n) is 3.87. The zero-order valence-electron chi connectivity index (χ0n) is 12.1. The van der Waals surface area contributed by atoms with Crippen LogP contribution >= 0.6 is 0 Å². The molecular weight excluding hydrogens is 280 g/mol. The van der Waals surface area contributed by atoms with Gasteiger partial charge in [-0.15, -0.1) is 0 Å². The van der Waals surface area contributed by atoms with E-state index in [2.05, 4.69) is 12.1 Å². The molecule has 1 saturated carbocycles. The van der Waals surface area contributed by atoms with Crippen molar-refractivity contribution in [2.75, 3.05) is 0 Å². The first kappa shape index (κ1) is 13.7. The minimum atomic E-state index is -0.873. The summed E-state index contributed by atoms with van der Waals surface area (Å²) >= 11 is 0.